The summed E-state index contributed by atoms with van der Waals surface area (Å²) in [6.45, 7) is 4.25. The van der Waals surface area contributed by atoms with E-state index in [9.17, 15) is 8.60 Å². The average Bonchev–Trinajstić information content (AvgIpc) is 3.24. The number of hydrogen-bond acceptors (Lipinski definition) is 4. The molecule has 0 saturated carbocycles. The lowest BCUT2D eigenvalue weighted by atomic mass is 9.86. The van der Waals surface area contributed by atoms with Gasteiger partial charge in [0, 0.05) is 28.8 Å². The molecule has 5 aromatic rings. The van der Waals surface area contributed by atoms with Crippen molar-refractivity contribution >= 4 is 32.6 Å². The van der Waals surface area contributed by atoms with Gasteiger partial charge in [-0.05, 0) is 59.0 Å². The normalized spacial score (nSPS) is 12.7. The molecule has 0 amide bonds. The maximum absolute atomic E-state index is 13.7. The third-order valence-electron chi connectivity index (χ3n) is 5.60. The van der Waals surface area contributed by atoms with Crippen molar-refractivity contribution < 1.29 is 8.60 Å². The topological polar surface area (TPSA) is 71.5 Å². The van der Waals surface area contributed by atoms with Crippen molar-refractivity contribution in [2.24, 2.45) is 0 Å². The number of halogens is 1. The zero-order chi connectivity index (χ0) is 22.4. The minimum atomic E-state index is -1.16. The van der Waals surface area contributed by atoms with E-state index in [4.69, 9.17) is 4.98 Å². The fraction of sp³-hybridized carbons (Fsp3) is 0.160. The molecule has 5 nitrogen and oxygen atoms in total. The molecule has 0 fully saturated rings. The standard InChI is InChI=1S/C25H21FN4OS/c1-14(2)23-24(15-4-7-18(26)8-5-15)19-10-17-13-28-30-20(17)11-21(19)29-25(23)16-6-9-22(27-12-16)32(3)31/h4-14H,1-3H3,(H,28,30). The molecule has 1 N–H and O–H groups in total. The van der Waals surface area contributed by atoms with Gasteiger partial charge in [-0.15, -0.1) is 0 Å². The molecule has 2 aromatic carbocycles. The van der Waals surface area contributed by atoms with Crippen LogP contribution >= 0.6 is 0 Å². The van der Waals surface area contributed by atoms with Crippen molar-refractivity contribution in [1.82, 2.24) is 20.2 Å². The van der Waals surface area contributed by atoms with Crippen LogP contribution in [0.15, 0.2) is 66.0 Å². The highest BCUT2D eigenvalue weighted by atomic mass is 32.2. The highest BCUT2D eigenvalue weighted by Gasteiger charge is 2.21. The van der Waals surface area contributed by atoms with Gasteiger partial charge < -0.3 is 0 Å². The minimum absolute atomic E-state index is 0.141. The van der Waals surface area contributed by atoms with Crippen LogP contribution in [0, 0.1) is 5.82 Å². The largest absolute Gasteiger partial charge is 0.278 e. The van der Waals surface area contributed by atoms with Crippen LogP contribution in [0.5, 0.6) is 0 Å². The predicted molar refractivity (Wildman–Crippen MR) is 126 cm³/mol. The molecular weight excluding hydrogens is 423 g/mol. The SMILES string of the molecule is CC(C)c1c(-c2ccc(S(C)=O)nc2)nc2cc3[nH]ncc3cc2c1-c1ccc(F)cc1. The van der Waals surface area contributed by atoms with Gasteiger partial charge in [-0.2, -0.15) is 5.10 Å². The first-order valence-electron chi connectivity index (χ1n) is 10.3. The number of nitrogens with one attached hydrogen (secondary N) is 1. The number of fused-ring (bicyclic) bond motifs is 2. The van der Waals surface area contributed by atoms with Crippen LogP contribution in [-0.2, 0) is 10.8 Å². The molecule has 1 unspecified atom stereocenters. The molecule has 7 heteroatoms. The molecule has 5 rings (SSSR count). The second-order valence-electron chi connectivity index (χ2n) is 8.08. The fourth-order valence-electron chi connectivity index (χ4n) is 4.12. The number of pyridine rings is 2. The van der Waals surface area contributed by atoms with Gasteiger partial charge in [0.15, 0.2) is 0 Å². The first kappa shape index (κ1) is 20.5. The number of benzene rings is 2. The molecule has 0 radical (unpaired) electrons. The van der Waals surface area contributed by atoms with E-state index in [0.717, 1.165) is 49.8 Å². The van der Waals surface area contributed by atoms with E-state index < -0.39 is 10.8 Å². The van der Waals surface area contributed by atoms with Crippen LogP contribution < -0.4 is 0 Å². The Kier molecular flexibility index (Phi) is 5.06. The molecule has 0 spiro atoms. The molecule has 0 aliphatic carbocycles. The van der Waals surface area contributed by atoms with Gasteiger partial charge in [-0.1, -0.05) is 26.0 Å². The Bertz CT molecular complexity index is 1470. The van der Waals surface area contributed by atoms with Gasteiger partial charge in [0.1, 0.15) is 10.8 Å². The van der Waals surface area contributed by atoms with Crippen molar-refractivity contribution in [2.75, 3.05) is 6.26 Å². The van der Waals surface area contributed by atoms with Crippen molar-refractivity contribution in [3.8, 4) is 22.4 Å². The summed E-state index contributed by atoms with van der Waals surface area (Å²) < 4.78 is 25.5. The summed E-state index contributed by atoms with van der Waals surface area (Å²) in [4.78, 5) is 9.42. The Morgan fingerprint density at radius 3 is 2.41 bits per heavy atom. The molecule has 0 saturated heterocycles. The smallest absolute Gasteiger partial charge is 0.126 e. The predicted octanol–water partition coefficient (Wildman–Crippen LogP) is 5.84. The van der Waals surface area contributed by atoms with Crippen LogP contribution in [0.25, 0.3) is 44.2 Å². The van der Waals surface area contributed by atoms with Crippen molar-refractivity contribution in [3.63, 3.8) is 0 Å². The zero-order valence-electron chi connectivity index (χ0n) is 17.9. The Morgan fingerprint density at radius 1 is 1.00 bits per heavy atom. The van der Waals surface area contributed by atoms with Gasteiger partial charge >= 0.3 is 0 Å². The molecule has 3 heterocycles. The van der Waals surface area contributed by atoms with E-state index in [0.29, 0.717) is 5.03 Å². The molecule has 3 aromatic heterocycles. The van der Waals surface area contributed by atoms with E-state index in [2.05, 4.69) is 35.1 Å². The zero-order valence-corrected chi connectivity index (χ0v) is 18.7. The number of aromatic nitrogens is 4. The van der Waals surface area contributed by atoms with Gasteiger partial charge in [-0.3, -0.25) is 9.31 Å². The summed E-state index contributed by atoms with van der Waals surface area (Å²) in [6, 6.07) is 14.3. The summed E-state index contributed by atoms with van der Waals surface area (Å²) in [5.41, 5.74) is 6.36. The lowest BCUT2D eigenvalue weighted by Gasteiger charge is -2.20. The van der Waals surface area contributed by atoms with Crippen LogP contribution in [-0.4, -0.2) is 30.6 Å². The van der Waals surface area contributed by atoms with Crippen molar-refractivity contribution in [1.29, 1.82) is 0 Å². The lowest BCUT2D eigenvalue weighted by molar-refractivity contribution is 0.628. The molecule has 160 valence electrons. The molecule has 32 heavy (non-hydrogen) atoms. The van der Waals surface area contributed by atoms with Gasteiger partial charge in [0.05, 0.1) is 33.7 Å². The Hall–Kier alpha value is -3.45. The molecule has 0 aliphatic heterocycles. The third-order valence-corrected chi connectivity index (χ3v) is 6.43. The molecule has 0 aliphatic rings. The summed E-state index contributed by atoms with van der Waals surface area (Å²) in [6.07, 6.45) is 5.12. The highest BCUT2D eigenvalue weighted by molar-refractivity contribution is 7.84. The van der Waals surface area contributed by atoms with Gasteiger partial charge in [0.2, 0.25) is 0 Å². The Morgan fingerprint density at radius 2 is 1.75 bits per heavy atom. The van der Waals surface area contributed by atoms with E-state index in [1.807, 2.05) is 12.1 Å². The maximum Gasteiger partial charge on any atom is 0.126 e. The first-order chi connectivity index (χ1) is 15.4. The molecule has 1 atom stereocenters. The lowest BCUT2D eigenvalue weighted by Crippen LogP contribution is -2.02. The summed E-state index contributed by atoms with van der Waals surface area (Å²) in [5, 5.41) is 9.67. The number of aromatic amines is 1. The fourth-order valence-corrected chi connectivity index (χ4v) is 4.58. The van der Waals surface area contributed by atoms with E-state index >= 15 is 0 Å². The van der Waals surface area contributed by atoms with Crippen LogP contribution in [0.2, 0.25) is 0 Å². The second-order valence-corrected chi connectivity index (χ2v) is 9.40. The van der Waals surface area contributed by atoms with Crippen molar-refractivity contribution in [2.45, 2.75) is 24.8 Å². The maximum atomic E-state index is 13.7. The van der Waals surface area contributed by atoms with Gasteiger partial charge in [0.25, 0.3) is 0 Å². The number of nitrogens with zero attached hydrogens (tertiary/aromatic N) is 3. The van der Waals surface area contributed by atoms with Crippen LogP contribution in [0.4, 0.5) is 4.39 Å². The summed E-state index contributed by atoms with van der Waals surface area (Å²) in [5.74, 6) is -0.134. The summed E-state index contributed by atoms with van der Waals surface area (Å²) in [7, 11) is -1.16. The first-order valence-corrected chi connectivity index (χ1v) is 11.8. The summed E-state index contributed by atoms with van der Waals surface area (Å²) >= 11 is 0. The number of rotatable bonds is 4. The quantitative estimate of drug-likeness (QED) is 0.378. The van der Waals surface area contributed by atoms with Crippen LogP contribution in [0.3, 0.4) is 0 Å². The third kappa shape index (κ3) is 3.48. The van der Waals surface area contributed by atoms with E-state index in [1.165, 1.54) is 12.1 Å². The second kappa shape index (κ2) is 7.91. The van der Waals surface area contributed by atoms with E-state index in [-0.39, 0.29) is 11.7 Å². The van der Waals surface area contributed by atoms with E-state index in [1.54, 1.807) is 36.8 Å². The number of H-pyrrole nitrogens is 1. The average molecular weight is 445 g/mol. The van der Waals surface area contributed by atoms with Crippen molar-refractivity contribution in [3.05, 3.63) is 72.3 Å². The van der Waals surface area contributed by atoms with Gasteiger partial charge in [-0.25, -0.2) is 14.4 Å². The number of hydrogen-bond donors (Lipinski definition) is 1. The Labute approximate surface area is 187 Å². The molecule has 0 bridgehead atoms. The van der Waals surface area contributed by atoms with Crippen LogP contribution in [0.1, 0.15) is 25.3 Å². The highest BCUT2D eigenvalue weighted by Crippen LogP contribution is 2.41. The minimum Gasteiger partial charge on any atom is -0.278 e. The molecular formula is C25H21FN4OS. The Balaban J connectivity index is 1.89. The monoisotopic (exact) mass is 444 g/mol.